The van der Waals surface area contributed by atoms with Gasteiger partial charge in [0.05, 0.1) is 5.39 Å². The fraction of sp³-hybridized carbons (Fsp3) is 0.455. The number of hydrogen-bond acceptors (Lipinski definition) is 0. The maximum atomic E-state index is 14.7. The second-order valence-electron chi connectivity index (χ2n) is 7.12. The first-order valence-corrected chi connectivity index (χ1v) is 9.28. The van der Waals surface area contributed by atoms with Gasteiger partial charge in [0.1, 0.15) is 5.82 Å². The Morgan fingerprint density at radius 3 is 2.36 bits per heavy atom. The summed E-state index contributed by atoms with van der Waals surface area (Å²) in [5, 5.41) is 0.261. The first kappa shape index (κ1) is 18.0. The van der Waals surface area contributed by atoms with Crippen LogP contribution >= 0.6 is 0 Å². The second kappa shape index (κ2) is 7.63. The van der Waals surface area contributed by atoms with Crippen LogP contribution in [0.15, 0.2) is 30.4 Å². The van der Waals surface area contributed by atoms with Crippen molar-refractivity contribution in [2.45, 2.75) is 58.3 Å². The minimum Gasteiger partial charge on any atom is -0.206 e. The molecule has 0 aromatic heterocycles. The van der Waals surface area contributed by atoms with Gasteiger partial charge in [0.25, 0.3) is 0 Å². The molecule has 0 saturated heterocycles. The molecular formula is C22H25F3. The quantitative estimate of drug-likeness (QED) is 0.520. The van der Waals surface area contributed by atoms with Crippen molar-refractivity contribution in [3.05, 3.63) is 58.9 Å². The number of allylic oxidation sites excluding steroid dienone is 2. The van der Waals surface area contributed by atoms with Gasteiger partial charge in [-0.2, -0.15) is 0 Å². The van der Waals surface area contributed by atoms with Crippen molar-refractivity contribution in [3.8, 4) is 0 Å². The molecule has 0 amide bonds. The average Bonchev–Trinajstić information content (AvgIpc) is 2.61. The Morgan fingerprint density at radius 2 is 1.72 bits per heavy atom. The Labute approximate surface area is 147 Å². The van der Waals surface area contributed by atoms with Crippen molar-refractivity contribution in [1.82, 2.24) is 0 Å². The zero-order chi connectivity index (χ0) is 18.0. The van der Waals surface area contributed by atoms with Crippen LogP contribution in [0.4, 0.5) is 13.2 Å². The molecule has 0 unspecified atom stereocenters. The van der Waals surface area contributed by atoms with Crippen molar-refractivity contribution >= 4 is 10.8 Å². The van der Waals surface area contributed by atoms with E-state index >= 15 is 0 Å². The molecule has 134 valence electrons. The molecule has 1 fully saturated rings. The van der Waals surface area contributed by atoms with Gasteiger partial charge in [-0.25, -0.2) is 13.2 Å². The summed E-state index contributed by atoms with van der Waals surface area (Å²) in [7, 11) is 0. The van der Waals surface area contributed by atoms with Crippen LogP contribution in [0.1, 0.15) is 63.0 Å². The van der Waals surface area contributed by atoms with E-state index in [1.165, 1.54) is 0 Å². The highest BCUT2D eigenvalue weighted by molar-refractivity contribution is 5.85. The second-order valence-corrected chi connectivity index (χ2v) is 7.12. The Kier molecular flexibility index (Phi) is 5.51. The van der Waals surface area contributed by atoms with E-state index in [1.807, 2.05) is 13.8 Å². The third-order valence-corrected chi connectivity index (χ3v) is 5.43. The lowest BCUT2D eigenvalue weighted by atomic mass is 9.78. The predicted molar refractivity (Wildman–Crippen MR) is 97.3 cm³/mol. The highest BCUT2D eigenvalue weighted by Crippen LogP contribution is 2.40. The number of aryl methyl sites for hydroxylation is 1. The molecule has 2 aromatic carbocycles. The molecule has 0 radical (unpaired) electrons. The van der Waals surface area contributed by atoms with Gasteiger partial charge in [0, 0.05) is 0 Å². The molecule has 0 N–H and O–H groups in total. The van der Waals surface area contributed by atoms with Crippen molar-refractivity contribution in [1.29, 1.82) is 0 Å². The van der Waals surface area contributed by atoms with Crippen LogP contribution < -0.4 is 0 Å². The van der Waals surface area contributed by atoms with E-state index in [2.05, 4.69) is 12.2 Å². The topological polar surface area (TPSA) is 0 Å². The molecule has 0 aliphatic heterocycles. The van der Waals surface area contributed by atoms with Crippen LogP contribution in [0, 0.1) is 23.4 Å². The van der Waals surface area contributed by atoms with E-state index in [1.54, 1.807) is 18.2 Å². The van der Waals surface area contributed by atoms with Crippen molar-refractivity contribution in [2.24, 2.45) is 5.92 Å². The summed E-state index contributed by atoms with van der Waals surface area (Å²) in [5.41, 5.74) is 0.861. The Morgan fingerprint density at radius 1 is 1.00 bits per heavy atom. The highest BCUT2D eigenvalue weighted by Gasteiger charge is 2.26. The molecule has 0 nitrogen and oxygen atoms in total. The lowest BCUT2D eigenvalue weighted by Gasteiger charge is -2.27. The number of hydrogen-bond donors (Lipinski definition) is 0. The SMILES string of the molecule is C/C=C/C1CCC(c2cc3ccc(CCC)c(F)c3c(F)c2F)CC1. The molecule has 0 bridgehead atoms. The first-order chi connectivity index (χ1) is 12.1. The summed E-state index contributed by atoms with van der Waals surface area (Å²) in [6, 6.07) is 5.08. The highest BCUT2D eigenvalue weighted by atomic mass is 19.2. The molecule has 1 aliphatic rings. The molecule has 25 heavy (non-hydrogen) atoms. The van der Waals surface area contributed by atoms with Gasteiger partial charge in [-0.05, 0) is 73.4 Å². The monoisotopic (exact) mass is 346 g/mol. The predicted octanol–water partition coefficient (Wildman–Crippen LogP) is 7.06. The smallest absolute Gasteiger partial charge is 0.169 e. The van der Waals surface area contributed by atoms with E-state index in [0.717, 1.165) is 32.1 Å². The van der Waals surface area contributed by atoms with Gasteiger partial charge in [-0.1, -0.05) is 37.6 Å². The number of benzene rings is 2. The van der Waals surface area contributed by atoms with E-state index in [-0.39, 0.29) is 11.3 Å². The van der Waals surface area contributed by atoms with Crippen LogP contribution in [-0.2, 0) is 6.42 Å². The lowest BCUT2D eigenvalue weighted by molar-refractivity contribution is 0.364. The van der Waals surface area contributed by atoms with Gasteiger partial charge >= 0.3 is 0 Å². The van der Waals surface area contributed by atoms with Gasteiger partial charge in [-0.3, -0.25) is 0 Å². The fourth-order valence-electron chi connectivity index (χ4n) is 4.10. The maximum Gasteiger partial charge on any atom is 0.169 e. The lowest BCUT2D eigenvalue weighted by Crippen LogP contribution is -2.14. The van der Waals surface area contributed by atoms with Crippen LogP contribution in [0.2, 0.25) is 0 Å². The zero-order valence-electron chi connectivity index (χ0n) is 14.9. The largest absolute Gasteiger partial charge is 0.206 e. The van der Waals surface area contributed by atoms with E-state index in [0.29, 0.717) is 28.9 Å². The normalized spacial score (nSPS) is 21.3. The number of fused-ring (bicyclic) bond motifs is 1. The Balaban J connectivity index is 1.98. The van der Waals surface area contributed by atoms with E-state index < -0.39 is 17.5 Å². The maximum absolute atomic E-state index is 14.7. The van der Waals surface area contributed by atoms with Crippen molar-refractivity contribution in [2.75, 3.05) is 0 Å². The molecule has 1 saturated carbocycles. The van der Waals surface area contributed by atoms with Gasteiger partial charge in [0.15, 0.2) is 11.6 Å². The summed E-state index contributed by atoms with van der Waals surface area (Å²) in [5.74, 6) is -1.96. The molecule has 3 rings (SSSR count). The summed E-state index contributed by atoms with van der Waals surface area (Å²) >= 11 is 0. The molecule has 0 atom stereocenters. The third kappa shape index (κ3) is 3.47. The molecule has 0 heterocycles. The summed E-state index contributed by atoms with van der Waals surface area (Å²) < 4.78 is 44.0. The summed E-state index contributed by atoms with van der Waals surface area (Å²) in [6.45, 7) is 3.94. The minimum atomic E-state index is -1.03. The summed E-state index contributed by atoms with van der Waals surface area (Å²) in [4.78, 5) is 0. The van der Waals surface area contributed by atoms with E-state index in [9.17, 15) is 13.2 Å². The first-order valence-electron chi connectivity index (χ1n) is 9.28. The molecule has 2 aromatic rings. The molecule has 3 heteroatoms. The summed E-state index contributed by atoms with van der Waals surface area (Å²) in [6.07, 6.45) is 9.19. The van der Waals surface area contributed by atoms with Gasteiger partial charge < -0.3 is 0 Å². The van der Waals surface area contributed by atoms with E-state index in [4.69, 9.17) is 0 Å². The van der Waals surface area contributed by atoms with Gasteiger partial charge in [0.2, 0.25) is 0 Å². The van der Waals surface area contributed by atoms with Crippen LogP contribution in [0.5, 0.6) is 0 Å². The molecule has 1 aliphatic carbocycles. The standard InChI is InChI=1S/C22H25F3/c1-3-5-14-7-9-15(10-8-14)18-13-17-12-11-16(6-4-2)20(23)19(17)22(25)21(18)24/h3,5,11-15H,4,6-10H2,1-2H3/b5-3+. The van der Waals surface area contributed by atoms with Crippen LogP contribution in [0.3, 0.4) is 0 Å². The average molecular weight is 346 g/mol. The van der Waals surface area contributed by atoms with Crippen LogP contribution in [-0.4, -0.2) is 0 Å². The van der Waals surface area contributed by atoms with Crippen molar-refractivity contribution in [3.63, 3.8) is 0 Å². The minimum absolute atomic E-state index is 0.0128. The number of rotatable bonds is 4. The van der Waals surface area contributed by atoms with Gasteiger partial charge in [-0.15, -0.1) is 0 Å². The fourth-order valence-corrected chi connectivity index (χ4v) is 4.10. The van der Waals surface area contributed by atoms with Crippen molar-refractivity contribution < 1.29 is 13.2 Å². The molecular weight excluding hydrogens is 321 g/mol. The Hall–Kier alpha value is -1.77. The Bertz CT molecular complexity index is 784. The van der Waals surface area contributed by atoms with Crippen LogP contribution in [0.25, 0.3) is 10.8 Å². The zero-order valence-corrected chi connectivity index (χ0v) is 14.9. The third-order valence-electron chi connectivity index (χ3n) is 5.43. The number of halogens is 3. The molecule has 0 spiro atoms.